The Morgan fingerprint density at radius 1 is 0.950 bits per heavy atom. The molecule has 1 N–H and O–H groups in total. The molecule has 2 aromatic carbocycles. The summed E-state index contributed by atoms with van der Waals surface area (Å²) in [6.07, 6.45) is 3.33. The predicted molar refractivity (Wildman–Crippen MR) is 82.1 cm³/mol. The number of aromatic hydroxyl groups is 1. The Bertz CT molecular complexity index is 665. The Kier molecular flexibility index (Phi) is 4.04. The molecule has 0 unspecified atom stereocenters. The molecule has 2 nitrogen and oxygen atoms in total. The fourth-order valence-electron chi connectivity index (χ4n) is 2.07. The topological polar surface area (TPSA) is 37.3 Å². The van der Waals surface area contributed by atoms with Gasteiger partial charge >= 0.3 is 0 Å². The van der Waals surface area contributed by atoms with Crippen molar-refractivity contribution in [2.24, 2.45) is 0 Å². The van der Waals surface area contributed by atoms with Crippen LogP contribution in [0.15, 0.2) is 42.5 Å². The van der Waals surface area contributed by atoms with Gasteiger partial charge in [0.1, 0.15) is 5.75 Å². The molecule has 102 valence electrons. The highest BCUT2D eigenvalue weighted by atomic mass is 16.3. The van der Waals surface area contributed by atoms with E-state index < -0.39 is 0 Å². The van der Waals surface area contributed by atoms with Crippen LogP contribution in [0.2, 0.25) is 0 Å². The van der Waals surface area contributed by atoms with Gasteiger partial charge in [0.05, 0.1) is 0 Å². The summed E-state index contributed by atoms with van der Waals surface area (Å²) in [4.78, 5) is 12.2. The molecule has 2 heteroatoms. The monoisotopic (exact) mass is 266 g/mol. The third-order valence-electron chi connectivity index (χ3n) is 3.43. The molecular weight excluding hydrogens is 248 g/mol. The number of allylic oxidation sites excluding steroid dienone is 1. The number of carbonyl (C=O) groups is 1. The van der Waals surface area contributed by atoms with Gasteiger partial charge in [-0.3, -0.25) is 4.79 Å². The van der Waals surface area contributed by atoms with E-state index in [4.69, 9.17) is 0 Å². The van der Waals surface area contributed by atoms with Crippen LogP contribution in [0, 0.1) is 20.8 Å². The van der Waals surface area contributed by atoms with Crippen molar-refractivity contribution in [1.82, 2.24) is 0 Å². The maximum absolute atomic E-state index is 12.2. The zero-order valence-corrected chi connectivity index (χ0v) is 12.0. The van der Waals surface area contributed by atoms with Crippen molar-refractivity contribution >= 4 is 11.9 Å². The number of hydrogen-bond donors (Lipinski definition) is 1. The lowest BCUT2D eigenvalue weighted by Gasteiger charge is -2.06. The van der Waals surface area contributed by atoms with E-state index in [1.54, 1.807) is 36.4 Å². The second-order valence-electron chi connectivity index (χ2n) is 5.04. The third-order valence-corrected chi connectivity index (χ3v) is 3.43. The van der Waals surface area contributed by atoms with Crippen LogP contribution >= 0.6 is 0 Å². The van der Waals surface area contributed by atoms with Crippen LogP contribution in [0.3, 0.4) is 0 Å². The quantitative estimate of drug-likeness (QED) is 0.667. The molecule has 0 saturated carbocycles. The lowest BCUT2D eigenvalue weighted by atomic mass is 9.97. The first kappa shape index (κ1) is 14.1. The molecule has 0 bridgehead atoms. The average Bonchev–Trinajstić information content (AvgIpc) is 2.42. The number of carbonyl (C=O) groups excluding carboxylic acids is 1. The van der Waals surface area contributed by atoms with E-state index in [9.17, 15) is 9.90 Å². The van der Waals surface area contributed by atoms with Crippen molar-refractivity contribution in [3.63, 3.8) is 0 Å². The highest BCUT2D eigenvalue weighted by molar-refractivity contribution is 6.07. The summed E-state index contributed by atoms with van der Waals surface area (Å²) in [6.45, 7) is 6.01. The Labute approximate surface area is 119 Å². The molecule has 2 aromatic rings. The Morgan fingerprint density at radius 3 is 2.20 bits per heavy atom. The summed E-state index contributed by atoms with van der Waals surface area (Å²) in [5, 5.41) is 9.21. The molecule has 0 radical (unpaired) electrons. The molecule has 0 aliphatic carbocycles. The largest absolute Gasteiger partial charge is 0.508 e. The third kappa shape index (κ3) is 3.15. The predicted octanol–water partition coefficient (Wildman–Crippen LogP) is 4.21. The number of aryl methyl sites for hydroxylation is 3. The van der Waals surface area contributed by atoms with E-state index in [0.717, 1.165) is 22.3 Å². The first-order valence-corrected chi connectivity index (χ1v) is 6.56. The van der Waals surface area contributed by atoms with Gasteiger partial charge < -0.3 is 5.11 Å². The average molecular weight is 266 g/mol. The van der Waals surface area contributed by atoms with Gasteiger partial charge in [-0.25, -0.2) is 0 Å². The van der Waals surface area contributed by atoms with Gasteiger partial charge in [0.25, 0.3) is 0 Å². The van der Waals surface area contributed by atoms with Crippen LogP contribution in [0.4, 0.5) is 0 Å². The van der Waals surface area contributed by atoms with Crippen molar-refractivity contribution in [3.05, 3.63) is 70.3 Å². The van der Waals surface area contributed by atoms with E-state index in [0.29, 0.717) is 0 Å². The van der Waals surface area contributed by atoms with Crippen LogP contribution < -0.4 is 0 Å². The second-order valence-corrected chi connectivity index (χ2v) is 5.04. The molecule has 0 atom stereocenters. The molecule has 0 aliphatic rings. The number of rotatable bonds is 3. The van der Waals surface area contributed by atoms with Crippen molar-refractivity contribution < 1.29 is 9.90 Å². The number of phenolic OH excluding ortho intramolecular Hbond substituents is 1. The zero-order chi connectivity index (χ0) is 14.7. The first-order chi connectivity index (χ1) is 9.47. The minimum absolute atomic E-state index is 0.00123. The summed E-state index contributed by atoms with van der Waals surface area (Å²) in [5.41, 5.74) is 4.94. The number of hydrogen-bond acceptors (Lipinski definition) is 2. The molecule has 0 amide bonds. The molecule has 0 saturated heterocycles. The van der Waals surface area contributed by atoms with Gasteiger partial charge in [0, 0.05) is 5.56 Å². The van der Waals surface area contributed by atoms with E-state index in [1.165, 1.54) is 5.56 Å². The van der Waals surface area contributed by atoms with E-state index in [2.05, 4.69) is 0 Å². The molecule has 2 rings (SSSR count). The van der Waals surface area contributed by atoms with Gasteiger partial charge in [-0.15, -0.1) is 0 Å². The smallest absolute Gasteiger partial charge is 0.186 e. The van der Waals surface area contributed by atoms with E-state index in [1.807, 2.05) is 32.9 Å². The molecular formula is C18H18O2. The first-order valence-electron chi connectivity index (χ1n) is 6.56. The molecule has 0 spiro atoms. The van der Waals surface area contributed by atoms with Crippen LogP contribution in [-0.2, 0) is 0 Å². The Hall–Kier alpha value is -2.35. The normalized spacial score (nSPS) is 10.9. The van der Waals surface area contributed by atoms with Crippen LogP contribution in [0.25, 0.3) is 6.08 Å². The molecule has 0 aliphatic heterocycles. The van der Waals surface area contributed by atoms with Gasteiger partial charge in [-0.05, 0) is 67.3 Å². The standard InChI is InChI=1S/C18H18O2/c1-12-10-14(3)17(11-13(12)2)18(20)9-6-15-4-7-16(19)8-5-15/h4-11,19H,1-3H3/b9-6+. The summed E-state index contributed by atoms with van der Waals surface area (Å²) in [6, 6.07) is 10.7. The highest BCUT2D eigenvalue weighted by Crippen LogP contribution is 2.17. The van der Waals surface area contributed by atoms with E-state index >= 15 is 0 Å². The molecule has 20 heavy (non-hydrogen) atoms. The highest BCUT2D eigenvalue weighted by Gasteiger charge is 2.07. The van der Waals surface area contributed by atoms with Crippen LogP contribution in [-0.4, -0.2) is 10.9 Å². The molecule has 0 fully saturated rings. The summed E-state index contributed by atoms with van der Waals surface area (Å²) in [5.74, 6) is 0.220. The van der Waals surface area contributed by atoms with Crippen LogP contribution in [0.1, 0.15) is 32.6 Å². The minimum atomic E-state index is -0.00123. The van der Waals surface area contributed by atoms with Gasteiger partial charge in [-0.2, -0.15) is 0 Å². The van der Waals surface area contributed by atoms with Crippen LogP contribution in [0.5, 0.6) is 5.75 Å². The molecule has 0 heterocycles. The van der Waals surface area contributed by atoms with E-state index in [-0.39, 0.29) is 11.5 Å². The maximum atomic E-state index is 12.2. The number of phenols is 1. The second kappa shape index (κ2) is 5.74. The Balaban J connectivity index is 2.24. The zero-order valence-electron chi connectivity index (χ0n) is 12.0. The minimum Gasteiger partial charge on any atom is -0.508 e. The lowest BCUT2D eigenvalue weighted by Crippen LogP contribution is -2.00. The van der Waals surface area contributed by atoms with Crippen molar-refractivity contribution in [3.8, 4) is 5.75 Å². The Morgan fingerprint density at radius 2 is 1.55 bits per heavy atom. The maximum Gasteiger partial charge on any atom is 0.186 e. The van der Waals surface area contributed by atoms with Crippen molar-refractivity contribution in [2.45, 2.75) is 20.8 Å². The summed E-state index contributed by atoms with van der Waals surface area (Å²) >= 11 is 0. The summed E-state index contributed by atoms with van der Waals surface area (Å²) in [7, 11) is 0. The van der Waals surface area contributed by atoms with Crippen molar-refractivity contribution in [2.75, 3.05) is 0 Å². The van der Waals surface area contributed by atoms with Gasteiger partial charge in [-0.1, -0.05) is 24.3 Å². The fourth-order valence-corrected chi connectivity index (χ4v) is 2.07. The summed E-state index contributed by atoms with van der Waals surface area (Å²) < 4.78 is 0. The van der Waals surface area contributed by atoms with Crippen molar-refractivity contribution in [1.29, 1.82) is 0 Å². The number of benzene rings is 2. The SMILES string of the molecule is Cc1cc(C)c(C(=O)/C=C/c2ccc(O)cc2)cc1C. The van der Waals surface area contributed by atoms with Gasteiger partial charge in [0.15, 0.2) is 5.78 Å². The fraction of sp³-hybridized carbons (Fsp3) is 0.167. The van der Waals surface area contributed by atoms with Gasteiger partial charge in [0.2, 0.25) is 0 Å². The molecule has 0 aromatic heterocycles. The number of ketones is 1. The lowest BCUT2D eigenvalue weighted by molar-refractivity contribution is 0.104.